The predicted octanol–water partition coefficient (Wildman–Crippen LogP) is 2.65. The summed E-state index contributed by atoms with van der Waals surface area (Å²) in [7, 11) is 1.91. The van der Waals surface area contributed by atoms with Crippen molar-refractivity contribution in [3.05, 3.63) is 16.6 Å². The topological polar surface area (TPSA) is 72.9 Å². The average molecular weight is 331 g/mol. The van der Waals surface area contributed by atoms with Gasteiger partial charge in [0.2, 0.25) is 0 Å². The monoisotopic (exact) mass is 330 g/mol. The molecule has 2 aromatic rings. The van der Waals surface area contributed by atoms with Crippen molar-refractivity contribution >= 4 is 39.9 Å². The molecule has 0 atom stereocenters. The number of amides is 1. The fraction of sp³-hybridized carbons (Fsp3) is 0.571. The van der Waals surface area contributed by atoms with Crippen LogP contribution >= 0.6 is 23.7 Å². The van der Waals surface area contributed by atoms with Gasteiger partial charge < -0.3 is 11.1 Å². The van der Waals surface area contributed by atoms with Crippen LogP contribution in [0.5, 0.6) is 0 Å². The molecule has 0 fully saturated rings. The summed E-state index contributed by atoms with van der Waals surface area (Å²) < 4.78 is 1.85. The van der Waals surface area contributed by atoms with Gasteiger partial charge >= 0.3 is 0 Å². The molecule has 3 N–H and O–H groups in total. The first-order chi connectivity index (χ1) is 9.19. The van der Waals surface area contributed by atoms with Gasteiger partial charge in [-0.15, -0.1) is 23.7 Å². The highest BCUT2D eigenvalue weighted by Gasteiger charge is 2.19. The number of aryl methyl sites for hydroxylation is 1. The summed E-state index contributed by atoms with van der Waals surface area (Å²) in [6.07, 6.45) is 0. The van der Waals surface area contributed by atoms with Gasteiger partial charge in [0.1, 0.15) is 4.83 Å². The molecule has 7 heteroatoms. The van der Waals surface area contributed by atoms with Crippen molar-refractivity contribution in [2.24, 2.45) is 12.8 Å². The maximum Gasteiger partial charge on any atom is 0.261 e. The van der Waals surface area contributed by atoms with Crippen LogP contribution in [0.3, 0.4) is 0 Å². The molecule has 0 radical (unpaired) electrons. The molecule has 5 nitrogen and oxygen atoms in total. The van der Waals surface area contributed by atoms with E-state index in [4.69, 9.17) is 5.73 Å². The molecule has 0 saturated carbocycles. The second-order valence-corrected chi connectivity index (χ2v) is 7.19. The molecule has 2 rings (SSSR count). The average Bonchev–Trinajstić information content (AvgIpc) is 2.86. The van der Waals surface area contributed by atoms with Gasteiger partial charge in [0, 0.05) is 24.5 Å². The van der Waals surface area contributed by atoms with Gasteiger partial charge in [0.15, 0.2) is 0 Å². The summed E-state index contributed by atoms with van der Waals surface area (Å²) in [5.41, 5.74) is 6.51. The highest BCUT2D eigenvalue weighted by molar-refractivity contribution is 7.20. The van der Waals surface area contributed by atoms with Gasteiger partial charge in [-0.1, -0.05) is 13.8 Å². The molecule has 0 spiro atoms. The maximum absolute atomic E-state index is 12.2. The van der Waals surface area contributed by atoms with E-state index in [2.05, 4.69) is 24.3 Å². The third-order valence-corrected chi connectivity index (χ3v) is 4.22. The number of nitrogens with zero attached hydrogens (tertiary/aromatic N) is 2. The number of aromatic nitrogens is 2. The van der Waals surface area contributed by atoms with Crippen LogP contribution in [0.25, 0.3) is 10.2 Å². The van der Waals surface area contributed by atoms with E-state index in [-0.39, 0.29) is 18.3 Å². The van der Waals surface area contributed by atoms with Crippen LogP contribution in [0, 0.1) is 0 Å². The van der Waals surface area contributed by atoms with Gasteiger partial charge in [-0.05, 0) is 25.8 Å². The second-order valence-electron chi connectivity index (χ2n) is 6.16. The zero-order valence-corrected chi connectivity index (χ0v) is 14.7. The van der Waals surface area contributed by atoms with Crippen LogP contribution in [-0.4, -0.2) is 27.8 Å². The van der Waals surface area contributed by atoms with Gasteiger partial charge in [0.25, 0.3) is 5.91 Å². The SMILES string of the molecule is CC(C)c1nn(C)c2sc(C(=O)NCC(C)(C)N)cc12.Cl. The Morgan fingerprint density at radius 3 is 2.67 bits per heavy atom. The van der Waals surface area contributed by atoms with Gasteiger partial charge in [0.05, 0.1) is 10.6 Å². The zero-order valence-electron chi connectivity index (χ0n) is 13.1. The molecule has 2 heterocycles. The van der Waals surface area contributed by atoms with Crippen LogP contribution in [-0.2, 0) is 7.05 Å². The Labute approximate surface area is 135 Å². The summed E-state index contributed by atoms with van der Waals surface area (Å²) in [4.78, 5) is 13.9. The van der Waals surface area contributed by atoms with Crippen LogP contribution in [0.4, 0.5) is 0 Å². The molecule has 2 aromatic heterocycles. The molecule has 0 saturated heterocycles. The summed E-state index contributed by atoms with van der Waals surface area (Å²) in [6.45, 7) is 8.44. The number of carbonyl (C=O) groups is 1. The van der Waals surface area contributed by atoms with E-state index < -0.39 is 5.54 Å². The van der Waals surface area contributed by atoms with Crippen molar-refractivity contribution in [2.45, 2.75) is 39.2 Å². The second kappa shape index (κ2) is 6.34. The minimum absolute atomic E-state index is 0. The van der Waals surface area contributed by atoms with Gasteiger partial charge in [-0.2, -0.15) is 5.10 Å². The Hall–Kier alpha value is -1.11. The minimum Gasteiger partial charge on any atom is -0.350 e. The lowest BCUT2D eigenvalue weighted by Crippen LogP contribution is -2.44. The summed E-state index contributed by atoms with van der Waals surface area (Å²) in [6, 6.07) is 1.93. The van der Waals surface area contributed by atoms with E-state index in [0.29, 0.717) is 17.3 Å². The van der Waals surface area contributed by atoms with Crippen molar-refractivity contribution in [3.63, 3.8) is 0 Å². The van der Waals surface area contributed by atoms with E-state index in [1.165, 1.54) is 11.3 Å². The fourth-order valence-corrected chi connectivity index (χ4v) is 3.00. The zero-order chi connectivity index (χ0) is 15.1. The van der Waals surface area contributed by atoms with Crippen molar-refractivity contribution < 1.29 is 4.79 Å². The number of hydrogen-bond acceptors (Lipinski definition) is 4. The number of thiophene rings is 1. The van der Waals surface area contributed by atoms with E-state index in [9.17, 15) is 4.79 Å². The molecule has 0 aliphatic heterocycles. The van der Waals surface area contributed by atoms with E-state index in [0.717, 1.165) is 15.9 Å². The number of carbonyl (C=O) groups excluding carboxylic acids is 1. The molecular weight excluding hydrogens is 308 g/mol. The lowest BCUT2D eigenvalue weighted by atomic mass is 10.1. The lowest BCUT2D eigenvalue weighted by molar-refractivity contribution is 0.0950. The highest BCUT2D eigenvalue weighted by Crippen LogP contribution is 2.31. The largest absolute Gasteiger partial charge is 0.350 e. The smallest absolute Gasteiger partial charge is 0.261 e. The molecule has 0 aliphatic rings. The molecule has 0 bridgehead atoms. The summed E-state index contributed by atoms with van der Waals surface area (Å²) in [5.74, 6) is 0.270. The van der Waals surface area contributed by atoms with E-state index in [1.807, 2.05) is 31.6 Å². The number of fused-ring (bicyclic) bond motifs is 1. The van der Waals surface area contributed by atoms with Crippen LogP contribution in [0.2, 0.25) is 0 Å². The predicted molar refractivity (Wildman–Crippen MR) is 90.5 cm³/mol. The molecule has 0 aromatic carbocycles. The number of hydrogen-bond donors (Lipinski definition) is 2. The third-order valence-electron chi connectivity index (χ3n) is 3.02. The van der Waals surface area contributed by atoms with Crippen LogP contribution in [0.1, 0.15) is 49.0 Å². The summed E-state index contributed by atoms with van der Waals surface area (Å²) >= 11 is 1.47. The third kappa shape index (κ3) is 3.96. The van der Waals surface area contributed by atoms with Crippen molar-refractivity contribution in [2.75, 3.05) is 6.54 Å². The van der Waals surface area contributed by atoms with Crippen molar-refractivity contribution in [3.8, 4) is 0 Å². The van der Waals surface area contributed by atoms with E-state index in [1.54, 1.807) is 0 Å². The Bertz CT molecular complexity index is 639. The molecule has 21 heavy (non-hydrogen) atoms. The number of nitrogens with two attached hydrogens (primary N) is 1. The lowest BCUT2D eigenvalue weighted by Gasteiger charge is -2.18. The van der Waals surface area contributed by atoms with E-state index >= 15 is 0 Å². The van der Waals surface area contributed by atoms with Crippen molar-refractivity contribution in [1.82, 2.24) is 15.1 Å². The highest BCUT2D eigenvalue weighted by atomic mass is 35.5. The van der Waals surface area contributed by atoms with Gasteiger partial charge in [-0.25, -0.2) is 0 Å². The molecule has 118 valence electrons. The standard InChI is InChI=1S/C14H22N4OS.ClH/c1-8(2)11-9-6-10(20-13(9)18(5)17-11)12(19)16-7-14(3,4)15;/h6,8H,7,15H2,1-5H3,(H,16,19);1H. The molecule has 0 unspecified atom stereocenters. The Morgan fingerprint density at radius 2 is 2.14 bits per heavy atom. The first-order valence-electron chi connectivity index (χ1n) is 6.72. The number of halogens is 1. The maximum atomic E-state index is 12.2. The number of nitrogens with one attached hydrogen (secondary N) is 1. The van der Waals surface area contributed by atoms with Gasteiger partial charge in [-0.3, -0.25) is 9.48 Å². The van der Waals surface area contributed by atoms with Crippen LogP contribution < -0.4 is 11.1 Å². The molecule has 0 aliphatic carbocycles. The first-order valence-corrected chi connectivity index (χ1v) is 7.54. The van der Waals surface area contributed by atoms with Crippen molar-refractivity contribution in [1.29, 1.82) is 0 Å². The summed E-state index contributed by atoms with van der Waals surface area (Å²) in [5, 5.41) is 8.46. The Morgan fingerprint density at radius 1 is 1.52 bits per heavy atom. The molecule has 1 amide bonds. The Kier molecular flexibility index (Phi) is 5.41. The number of rotatable bonds is 4. The normalized spacial score (nSPS) is 11.8. The first kappa shape index (κ1) is 17.9. The minimum atomic E-state index is -0.406. The molecular formula is C14H23ClN4OS. The quantitative estimate of drug-likeness (QED) is 0.905. The Balaban J connectivity index is 0.00000220. The van der Waals surface area contributed by atoms with Crippen LogP contribution in [0.15, 0.2) is 6.07 Å². The fourth-order valence-electron chi connectivity index (χ4n) is 2.00.